The summed E-state index contributed by atoms with van der Waals surface area (Å²) in [6.07, 6.45) is 0. The molecule has 0 atom stereocenters. The van der Waals surface area contributed by atoms with Gasteiger partial charge in [0, 0.05) is 26.2 Å². The highest BCUT2D eigenvalue weighted by Crippen LogP contribution is 1.59. The number of nitrogens with one attached hydrogen (secondary N) is 5. The van der Waals surface area contributed by atoms with E-state index in [1.54, 1.807) is 0 Å². The van der Waals surface area contributed by atoms with Crippen molar-refractivity contribution in [1.82, 2.24) is 16.0 Å². The molecule has 0 amide bonds. The molecule has 0 saturated carbocycles. The molecule has 0 aliphatic carbocycles. The fraction of sp³-hybridized carbons (Fsp3) is 0.667. The summed E-state index contributed by atoms with van der Waals surface area (Å²) in [5.74, 6) is -0.0488. The molecule has 0 aliphatic rings. The third-order valence-corrected chi connectivity index (χ3v) is 1.23. The van der Waals surface area contributed by atoms with E-state index < -0.39 is 0 Å². The van der Waals surface area contributed by atoms with E-state index in [1.807, 2.05) is 0 Å². The minimum absolute atomic E-state index is 0. The van der Waals surface area contributed by atoms with Gasteiger partial charge in [0.2, 0.25) is 0 Å². The van der Waals surface area contributed by atoms with Crippen molar-refractivity contribution in [2.75, 3.05) is 26.2 Å². The van der Waals surface area contributed by atoms with Crippen LogP contribution in [0.2, 0.25) is 0 Å². The van der Waals surface area contributed by atoms with Gasteiger partial charge in [-0.3, -0.25) is 10.8 Å². The van der Waals surface area contributed by atoms with Crippen LogP contribution in [0, 0.1) is 10.8 Å². The van der Waals surface area contributed by atoms with Crippen LogP contribution in [0.1, 0.15) is 0 Å². The van der Waals surface area contributed by atoms with Crippen LogP contribution >= 0.6 is 24.8 Å². The third kappa shape index (κ3) is 19.5. The molecule has 0 aliphatic heterocycles. The number of hydrogen-bond donors (Lipinski definition) is 7. The van der Waals surface area contributed by atoms with Gasteiger partial charge in [0.1, 0.15) is 0 Å². The van der Waals surface area contributed by atoms with E-state index in [2.05, 4.69) is 16.0 Å². The maximum atomic E-state index is 6.85. The number of halogens is 2. The summed E-state index contributed by atoms with van der Waals surface area (Å²) in [6, 6.07) is 0. The van der Waals surface area contributed by atoms with Gasteiger partial charge in [-0.25, -0.2) is 0 Å². The molecular formula is C6H19Cl2N7. The molecule has 0 aromatic heterocycles. The van der Waals surface area contributed by atoms with E-state index in [1.165, 1.54) is 0 Å². The zero-order valence-corrected chi connectivity index (χ0v) is 9.93. The Morgan fingerprint density at radius 2 is 1.13 bits per heavy atom. The SMILES string of the molecule is Cl.Cl.N=C(N)NCCNCCNC(=N)N. The van der Waals surface area contributed by atoms with Gasteiger partial charge >= 0.3 is 0 Å². The average molecular weight is 260 g/mol. The summed E-state index contributed by atoms with van der Waals surface area (Å²) in [6.45, 7) is 2.68. The average Bonchev–Trinajstić information content (AvgIpc) is 2.01. The Balaban J connectivity index is -0.000000720. The summed E-state index contributed by atoms with van der Waals surface area (Å²) in [5, 5.41) is 22.1. The molecule has 0 saturated heterocycles. The zero-order chi connectivity index (χ0) is 10.1. The van der Waals surface area contributed by atoms with Crippen molar-refractivity contribution in [3.05, 3.63) is 0 Å². The molecule has 0 spiro atoms. The first kappa shape index (κ1) is 19.6. The van der Waals surface area contributed by atoms with Crippen LogP contribution in [-0.2, 0) is 0 Å². The van der Waals surface area contributed by atoms with E-state index in [-0.39, 0.29) is 36.7 Å². The summed E-state index contributed by atoms with van der Waals surface area (Å²) < 4.78 is 0. The molecule has 0 aromatic rings. The maximum absolute atomic E-state index is 6.85. The second kappa shape index (κ2) is 13.1. The molecule has 0 unspecified atom stereocenters. The lowest BCUT2D eigenvalue weighted by atomic mass is 10.5. The minimum atomic E-state index is -0.0244. The molecule has 7 nitrogen and oxygen atoms in total. The van der Waals surface area contributed by atoms with E-state index in [0.29, 0.717) is 13.1 Å². The molecule has 15 heavy (non-hydrogen) atoms. The Hall–Kier alpha value is -0.920. The van der Waals surface area contributed by atoms with Gasteiger partial charge in [-0.1, -0.05) is 0 Å². The van der Waals surface area contributed by atoms with Crippen molar-refractivity contribution >= 4 is 36.7 Å². The van der Waals surface area contributed by atoms with Crippen LogP contribution in [-0.4, -0.2) is 38.1 Å². The van der Waals surface area contributed by atoms with Crippen molar-refractivity contribution < 1.29 is 0 Å². The van der Waals surface area contributed by atoms with E-state index in [4.69, 9.17) is 22.3 Å². The molecule has 0 aromatic carbocycles. The van der Waals surface area contributed by atoms with Crippen molar-refractivity contribution in [3.63, 3.8) is 0 Å². The van der Waals surface area contributed by atoms with Gasteiger partial charge in [0.25, 0.3) is 0 Å². The quantitative estimate of drug-likeness (QED) is 0.175. The lowest BCUT2D eigenvalue weighted by Crippen LogP contribution is -2.39. The van der Waals surface area contributed by atoms with Gasteiger partial charge in [0.05, 0.1) is 0 Å². The summed E-state index contributed by atoms with van der Waals surface area (Å²) in [7, 11) is 0. The number of hydrogen-bond acceptors (Lipinski definition) is 3. The van der Waals surface area contributed by atoms with Gasteiger partial charge in [-0.2, -0.15) is 0 Å². The van der Waals surface area contributed by atoms with Crippen LogP contribution in [0.15, 0.2) is 0 Å². The van der Waals surface area contributed by atoms with Crippen molar-refractivity contribution in [1.29, 1.82) is 10.8 Å². The third-order valence-electron chi connectivity index (χ3n) is 1.23. The maximum Gasteiger partial charge on any atom is 0.185 e. The van der Waals surface area contributed by atoms with Crippen LogP contribution in [0.25, 0.3) is 0 Å². The fourth-order valence-corrected chi connectivity index (χ4v) is 0.696. The standard InChI is InChI=1S/C6H17N7.2ClH/c7-5(8)12-3-1-11-2-4-13-6(9)10;;/h11H,1-4H2,(H4,7,8,12)(H4,9,10,13);2*1H. The first-order chi connectivity index (χ1) is 6.13. The second-order valence-electron chi connectivity index (χ2n) is 2.43. The Labute approximate surface area is 102 Å². The van der Waals surface area contributed by atoms with E-state index in [0.717, 1.165) is 13.1 Å². The highest BCUT2D eigenvalue weighted by Gasteiger charge is 1.89. The Morgan fingerprint density at radius 1 is 0.800 bits per heavy atom. The van der Waals surface area contributed by atoms with Gasteiger partial charge in [-0.05, 0) is 0 Å². The molecule has 0 fully saturated rings. The topological polar surface area (TPSA) is 136 Å². The Morgan fingerprint density at radius 3 is 1.40 bits per heavy atom. The summed E-state index contributed by atoms with van der Waals surface area (Å²) >= 11 is 0. The lowest BCUT2D eigenvalue weighted by molar-refractivity contribution is 0.654. The first-order valence-electron chi connectivity index (χ1n) is 3.99. The Bertz CT molecular complexity index is 157. The van der Waals surface area contributed by atoms with Crippen LogP contribution in [0.3, 0.4) is 0 Å². The molecular weight excluding hydrogens is 241 g/mol. The fourth-order valence-electron chi connectivity index (χ4n) is 0.696. The van der Waals surface area contributed by atoms with Gasteiger partial charge in [-0.15, -0.1) is 24.8 Å². The summed E-state index contributed by atoms with van der Waals surface area (Å²) in [5.41, 5.74) is 10.1. The second-order valence-corrected chi connectivity index (χ2v) is 2.43. The Kier molecular flexibility index (Phi) is 17.1. The number of nitrogens with two attached hydrogens (primary N) is 2. The lowest BCUT2D eigenvalue weighted by Gasteiger charge is -2.06. The van der Waals surface area contributed by atoms with Crippen LogP contribution < -0.4 is 27.4 Å². The highest BCUT2D eigenvalue weighted by atomic mass is 35.5. The van der Waals surface area contributed by atoms with Gasteiger partial charge in [0.15, 0.2) is 11.9 Å². The van der Waals surface area contributed by atoms with Crippen molar-refractivity contribution in [2.24, 2.45) is 11.5 Å². The molecule has 9 N–H and O–H groups in total. The largest absolute Gasteiger partial charge is 0.370 e. The van der Waals surface area contributed by atoms with Gasteiger partial charge < -0.3 is 27.4 Å². The van der Waals surface area contributed by atoms with E-state index >= 15 is 0 Å². The molecule has 9 heteroatoms. The zero-order valence-electron chi connectivity index (χ0n) is 8.30. The smallest absolute Gasteiger partial charge is 0.185 e. The van der Waals surface area contributed by atoms with Crippen LogP contribution in [0.4, 0.5) is 0 Å². The number of guanidine groups is 2. The van der Waals surface area contributed by atoms with Crippen molar-refractivity contribution in [2.45, 2.75) is 0 Å². The van der Waals surface area contributed by atoms with Crippen molar-refractivity contribution in [3.8, 4) is 0 Å². The van der Waals surface area contributed by atoms with E-state index in [9.17, 15) is 0 Å². The highest BCUT2D eigenvalue weighted by molar-refractivity contribution is 5.85. The first-order valence-corrected chi connectivity index (χ1v) is 3.99. The molecule has 0 rings (SSSR count). The molecule has 0 radical (unpaired) electrons. The predicted octanol–water partition coefficient (Wildman–Crippen LogP) is -1.61. The molecule has 0 bridgehead atoms. The molecule has 92 valence electrons. The number of rotatable bonds is 6. The minimum Gasteiger partial charge on any atom is -0.370 e. The molecule has 0 heterocycles. The normalized spacial score (nSPS) is 8.00. The predicted molar refractivity (Wildman–Crippen MR) is 67.2 cm³/mol. The van der Waals surface area contributed by atoms with Crippen LogP contribution in [0.5, 0.6) is 0 Å². The summed E-state index contributed by atoms with van der Waals surface area (Å²) in [4.78, 5) is 0. The monoisotopic (exact) mass is 259 g/mol.